The van der Waals surface area contributed by atoms with Crippen LogP contribution in [0.15, 0.2) is 207 Å². The summed E-state index contributed by atoms with van der Waals surface area (Å²) in [5.74, 6) is -0.832. The molecule has 11 aromatic rings. The Bertz CT molecular complexity index is 3470. The molecule has 0 bridgehead atoms. The fourth-order valence-corrected chi connectivity index (χ4v) is 8.97. The van der Waals surface area contributed by atoms with Crippen LogP contribution in [-0.4, -0.2) is 14.5 Å². The molecule has 0 spiro atoms. The largest absolute Gasteiger partial charge is 0.309 e. The number of aromatic nitrogens is 3. The van der Waals surface area contributed by atoms with Crippen molar-refractivity contribution in [3.8, 4) is 83.8 Å². The van der Waals surface area contributed by atoms with Crippen LogP contribution in [0.2, 0.25) is 0 Å². The van der Waals surface area contributed by atoms with Crippen molar-refractivity contribution >= 4 is 21.8 Å². The predicted molar refractivity (Wildman–Crippen MR) is 257 cm³/mol. The van der Waals surface area contributed by atoms with Gasteiger partial charge in [0.15, 0.2) is 0 Å². The molecule has 0 saturated heterocycles. The molecule has 8 aromatic carbocycles. The molecule has 3 aromatic heterocycles. The number of rotatable bonds is 8. The van der Waals surface area contributed by atoms with E-state index in [-0.39, 0.29) is 20.1 Å². The first-order valence-corrected chi connectivity index (χ1v) is 21.2. The minimum Gasteiger partial charge on any atom is -0.309 e. The van der Waals surface area contributed by atoms with Crippen molar-refractivity contribution < 1.29 is 28.9 Å². The molecule has 0 amide bonds. The van der Waals surface area contributed by atoms with Gasteiger partial charge in [0.1, 0.15) is 5.82 Å². The summed E-state index contributed by atoms with van der Waals surface area (Å²) in [6, 6.07) is 70.6. The number of hydrogen-bond acceptors (Lipinski definition) is 2. The Morgan fingerprint density at radius 2 is 1.00 bits per heavy atom. The van der Waals surface area contributed by atoms with Crippen molar-refractivity contribution in [2.45, 2.75) is 6.92 Å². The van der Waals surface area contributed by atoms with Gasteiger partial charge in [-0.25, -0.2) is 4.39 Å². The molecule has 0 unspecified atom stereocenters. The van der Waals surface area contributed by atoms with Gasteiger partial charge in [-0.3, -0.25) is 4.39 Å². The molecule has 3 heterocycles. The van der Waals surface area contributed by atoms with Gasteiger partial charge in [0.2, 0.25) is 0 Å². The van der Waals surface area contributed by atoms with E-state index in [1.165, 1.54) is 29.0 Å². The van der Waals surface area contributed by atoms with Crippen molar-refractivity contribution in [1.82, 2.24) is 14.5 Å². The third-order valence-electron chi connectivity index (χ3n) is 11.9. The van der Waals surface area contributed by atoms with Crippen LogP contribution in [-0.2, 0) is 20.1 Å². The standard InChI is InChI=1S/C59H37F2N3.Ir/c1-38-31-42(33-43(32-38)47-16-6-8-18-49(47)54-37-63-57(35-55(54)61)41-23-27-44(60)28-24-41)46-15-5-7-17-48(46)53-36-62-56(40-13-3-2-4-14-40)34-52(53)39-25-29-45(30-26-39)64-58-21-11-9-19-50(58)51-20-10-12-22-59(51)64;/h2-13,15-23,25-37H,1H3;/q-2;. The Morgan fingerprint density at radius 1 is 0.446 bits per heavy atom. The summed E-state index contributed by atoms with van der Waals surface area (Å²) in [5, 5.41) is 2.45. The molecular weight excluding hydrogens is 981 g/mol. The number of nitrogens with zero attached hydrogens (tertiary/aromatic N) is 3. The van der Waals surface area contributed by atoms with Crippen molar-refractivity contribution in [1.29, 1.82) is 0 Å². The molecule has 6 heteroatoms. The Hall–Kier alpha value is -7.63. The van der Waals surface area contributed by atoms with Crippen LogP contribution in [0.25, 0.3) is 106 Å². The van der Waals surface area contributed by atoms with E-state index in [1.807, 2.05) is 54.7 Å². The van der Waals surface area contributed by atoms with Gasteiger partial charge in [-0.15, -0.1) is 65.7 Å². The zero-order chi connectivity index (χ0) is 43.1. The predicted octanol–water partition coefficient (Wildman–Crippen LogP) is 15.4. The van der Waals surface area contributed by atoms with E-state index >= 15 is 4.39 Å². The maximum absolute atomic E-state index is 16.1. The van der Waals surface area contributed by atoms with Crippen molar-refractivity contribution in [3.05, 3.63) is 236 Å². The third kappa shape index (κ3) is 7.78. The summed E-state index contributed by atoms with van der Waals surface area (Å²) in [6.07, 6.45) is 3.54. The Labute approximate surface area is 389 Å². The number of halogens is 2. The van der Waals surface area contributed by atoms with Crippen LogP contribution in [0.5, 0.6) is 0 Å². The van der Waals surface area contributed by atoms with E-state index in [2.05, 4.69) is 150 Å². The van der Waals surface area contributed by atoms with Gasteiger partial charge >= 0.3 is 0 Å². The summed E-state index contributed by atoms with van der Waals surface area (Å²) in [5.41, 5.74) is 16.3. The van der Waals surface area contributed by atoms with E-state index in [0.717, 1.165) is 83.6 Å². The quantitative estimate of drug-likeness (QED) is 0.142. The first kappa shape index (κ1) is 41.4. The van der Waals surface area contributed by atoms with Gasteiger partial charge < -0.3 is 14.5 Å². The summed E-state index contributed by atoms with van der Waals surface area (Å²) in [7, 11) is 0. The van der Waals surface area contributed by atoms with Crippen LogP contribution in [0.3, 0.4) is 0 Å². The van der Waals surface area contributed by atoms with Crippen LogP contribution in [0, 0.1) is 30.7 Å². The molecule has 0 saturated carbocycles. The fraction of sp³-hybridized carbons (Fsp3) is 0.0169. The molecule has 0 N–H and O–H groups in total. The Balaban J connectivity index is 0.00000498. The average molecular weight is 1020 g/mol. The SMILES string of the molecule is Cc1cc(-c2ccccc2-c2cnc(-c3[c-]cc(F)cc3)cc2F)cc(-c2ccccc2-c2cnc(-c3[c-]cccc3)cc2-c2ccc(-n3c4ccccc4c4ccccc43)cc2)c1.[Ir]. The van der Waals surface area contributed by atoms with Crippen molar-refractivity contribution in [2.24, 2.45) is 0 Å². The minimum absolute atomic E-state index is 0. The maximum atomic E-state index is 16.1. The van der Waals surface area contributed by atoms with Gasteiger partial charge in [0.05, 0.1) is 11.0 Å². The normalized spacial score (nSPS) is 11.2. The van der Waals surface area contributed by atoms with Gasteiger partial charge in [0.25, 0.3) is 0 Å². The summed E-state index contributed by atoms with van der Waals surface area (Å²) >= 11 is 0. The summed E-state index contributed by atoms with van der Waals surface area (Å²) < 4.78 is 32.0. The monoisotopic (exact) mass is 1020 g/mol. The molecule has 0 atom stereocenters. The van der Waals surface area contributed by atoms with E-state index in [9.17, 15) is 4.39 Å². The molecule has 1 radical (unpaired) electrons. The molecule has 3 nitrogen and oxygen atoms in total. The van der Waals surface area contributed by atoms with Gasteiger partial charge in [0, 0.05) is 65.9 Å². The minimum atomic E-state index is -0.423. The van der Waals surface area contributed by atoms with Crippen molar-refractivity contribution in [2.75, 3.05) is 0 Å². The Morgan fingerprint density at radius 3 is 1.60 bits per heavy atom. The second kappa shape index (κ2) is 17.5. The molecule has 0 aliphatic heterocycles. The number of fused-ring (bicyclic) bond motifs is 3. The maximum Gasteiger partial charge on any atom is 0.125 e. The molecule has 0 aliphatic rings. The van der Waals surface area contributed by atoms with E-state index in [0.29, 0.717) is 16.8 Å². The number of benzene rings is 8. The number of hydrogen-bond donors (Lipinski definition) is 0. The number of para-hydroxylation sites is 2. The van der Waals surface area contributed by atoms with E-state index in [1.54, 1.807) is 12.3 Å². The second-order valence-corrected chi connectivity index (χ2v) is 16.0. The summed E-state index contributed by atoms with van der Waals surface area (Å²) in [4.78, 5) is 9.62. The van der Waals surface area contributed by atoms with Crippen LogP contribution in [0.4, 0.5) is 8.78 Å². The molecular formula is C59H37F2IrN3-2. The van der Waals surface area contributed by atoms with Gasteiger partial charge in [-0.2, -0.15) is 0 Å². The number of aryl methyl sites for hydroxylation is 1. The molecule has 313 valence electrons. The van der Waals surface area contributed by atoms with E-state index in [4.69, 9.17) is 4.98 Å². The van der Waals surface area contributed by atoms with Crippen molar-refractivity contribution in [3.63, 3.8) is 0 Å². The zero-order valence-electron chi connectivity index (χ0n) is 35.1. The van der Waals surface area contributed by atoms with E-state index < -0.39 is 11.6 Å². The molecule has 65 heavy (non-hydrogen) atoms. The smallest absolute Gasteiger partial charge is 0.125 e. The molecule has 0 fully saturated rings. The second-order valence-electron chi connectivity index (χ2n) is 16.0. The van der Waals surface area contributed by atoms with Gasteiger partial charge in [-0.1, -0.05) is 115 Å². The Kier molecular flexibility index (Phi) is 11.1. The van der Waals surface area contributed by atoms with Crippen LogP contribution in [0.1, 0.15) is 5.56 Å². The third-order valence-corrected chi connectivity index (χ3v) is 11.9. The fourth-order valence-electron chi connectivity index (χ4n) is 8.97. The zero-order valence-corrected chi connectivity index (χ0v) is 37.5. The topological polar surface area (TPSA) is 30.7 Å². The number of pyridine rings is 2. The molecule has 0 aliphatic carbocycles. The van der Waals surface area contributed by atoms with Gasteiger partial charge in [-0.05, 0) is 105 Å². The molecule has 11 rings (SSSR count). The van der Waals surface area contributed by atoms with Crippen LogP contribution < -0.4 is 0 Å². The summed E-state index contributed by atoms with van der Waals surface area (Å²) in [6.45, 7) is 2.09. The average Bonchev–Trinajstić information content (AvgIpc) is 3.68. The van der Waals surface area contributed by atoms with Crippen LogP contribution >= 0.6 is 0 Å². The first-order chi connectivity index (χ1) is 31.5. The first-order valence-electron chi connectivity index (χ1n) is 21.2.